The highest BCUT2D eigenvalue weighted by Crippen LogP contribution is 2.37. The molecule has 3 heterocycles. The van der Waals surface area contributed by atoms with Crippen molar-refractivity contribution in [1.29, 1.82) is 0 Å². The third kappa shape index (κ3) is 3.26. The summed E-state index contributed by atoms with van der Waals surface area (Å²) in [6, 6.07) is 12.7. The fourth-order valence-corrected chi connectivity index (χ4v) is 4.67. The monoisotopic (exact) mass is 353 g/mol. The van der Waals surface area contributed by atoms with E-state index in [0.29, 0.717) is 5.92 Å². The van der Waals surface area contributed by atoms with Gasteiger partial charge in [-0.15, -0.1) is 11.3 Å². The number of nitrogens with zero attached hydrogens (tertiary/aromatic N) is 3. The average molecular weight is 353 g/mol. The molecule has 0 spiro atoms. The van der Waals surface area contributed by atoms with Crippen LogP contribution < -0.4 is 4.90 Å². The summed E-state index contributed by atoms with van der Waals surface area (Å²) in [5.41, 5.74) is 1.22. The topological polar surface area (TPSA) is 49.2 Å². The number of rotatable bonds is 3. The van der Waals surface area contributed by atoms with Crippen molar-refractivity contribution in [2.24, 2.45) is 5.92 Å². The van der Waals surface area contributed by atoms with Gasteiger partial charge in [0.2, 0.25) is 0 Å². The van der Waals surface area contributed by atoms with Gasteiger partial charge in [0.15, 0.2) is 0 Å². The summed E-state index contributed by atoms with van der Waals surface area (Å²) in [5, 5.41) is 11.1. The Morgan fingerprint density at radius 3 is 2.80 bits per heavy atom. The molecule has 2 aromatic heterocycles. The van der Waals surface area contributed by atoms with Crippen LogP contribution in [0.3, 0.4) is 0 Å². The summed E-state index contributed by atoms with van der Waals surface area (Å²) in [4.78, 5) is 14.0. The Morgan fingerprint density at radius 1 is 1.24 bits per heavy atom. The van der Waals surface area contributed by atoms with E-state index in [1.165, 1.54) is 10.4 Å². The summed E-state index contributed by atoms with van der Waals surface area (Å²) in [6.45, 7) is 5.71. The van der Waals surface area contributed by atoms with Crippen LogP contribution in [0.4, 0.5) is 5.82 Å². The summed E-state index contributed by atoms with van der Waals surface area (Å²) in [5.74, 6) is 2.14. The maximum absolute atomic E-state index is 10.0. The predicted molar refractivity (Wildman–Crippen MR) is 104 cm³/mol. The van der Waals surface area contributed by atoms with E-state index >= 15 is 0 Å². The maximum atomic E-state index is 10.0. The van der Waals surface area contributed by atoms with Gasteiger partial charge < -0.3 is 10.0 Å². The first-order chi connectivity index (χ1) is 12.1. The van der Waals surface area contributed by atoms with Crippen LogP contribution in [0.2, 0.25) is 0 Å². The number of piperidine rings is 1. The molecule has 4 nitrogen and oxygen atoms in total. The van der Waals surface area contributed by atoms with E-state index in [4.69, 9.17) is 4.98 Å². The van der Waals surface area contributed by atoms with Gasteiger partial charge in [-0.1, -0.05) is 30.3 Å². The number of benzene rings is 1. The molecule has 1 fully saturated rings. The summed E-state index contributed by atoms with van der Waals surface area (Å²) >= 11 is 1.72. The second-order valence-electron chi connectivity index (χ2n) is 6.88. The molecule has 1 N–H and O–H groups in total. The molecule has 0 radical (unpaired) electrons. The average Bonchev–Trinajstić information content (AvgIpc) is 3.05. The number of hydrogen-bond acceptors (Lipinski definition) is 5. The Morgan fingerprint density at radius 2 is 2.04 bits per heavy atom. The first-order valence-electron chi connectivity index (χ1n) is 8.88. The Hall–Kier alpha value is -1.98. The first kappa shape index (κ1) is 16.5. The van der Waals surface area contributed by atoms with Gasteiger partial charge in [-0.3, -0.25) is 0 Å². The number of aliphatic hydroxyl groups excluding tert-OH is 1. The van der Waals surface area contributed by atoms with Gasteiger partial charge in [0.25, 0.3) is 0 Å². The molecule has 130 valence electrons. The maximum Gasteiger partial charge on any atom is 0.141 e. The number of aromatic nitrogens is 2. The molecule has 4 rings (SSSR count). The molecule has 1 aromatic carbocycles. The second-order valence-corrected chi connectivity index (χ2v) is 7.91. The normalized spacial score (nSPS) is 19.3. The molecule has 25 heavy (non-hydrogen) atoms. The Labute approximate surface area is 152 Å². The van der Waals surface area contributed by atoms with E-state index in [0.717, 1.165) is 47.8 Å². The number of aryl methyl sites for hydroxylation is 1. The van der Waals surface area contributed by atoms with Crippen molar-refractivity contribution in [2.45, 2.75) is 32.8 Å². The zero-order chi connectivity index (χ0) is 17.4. The molecule has 2 atom stereocenters. The van der Waals surface area contributed by atoms with Gasteiger partial charge in [0.1, 0.15) is 16.5 Å². The molecular formula is C20H23N3OS. The van der Waals surface area contributed by atoms with Gasteiger partial charge in [-0.05, 0) is 38.3 Å². The minimum atomic E-state index is -0.274. The largest absolute Gasteiger partial charge is 0.393 e. The van der Waals surface area contributed by atoms with E-state index < -0.39 is 0 Å². The van der Waals surface area contributed by atoms with Gasteiger partial charge >= 0.3 is 0 Å². The molecule has 1 saturated heterocycles. The molecule has 0 saturated carbocycles. The lowest BCUT2D eigenvalue weighted by Crippen LogP contribution is -2.40. The van der Waals surface area contributed by atoms with Crippen molar-refractivity contribution < 1.29 is 5.11 Å². The highest BCUT2D eigenvalue weighted by Gasteiger charge is 2.26. The molecule has 0 bridgehead atoms. The second kappa shape index (κ2) is 6.73. The Kier molecular flexibility index (Phi) is 4.44. The third-order valence-electron chi connectivity index (χ3n) is 4.98. The molecule has 0 aliphatic carbocycles. The van der Waals surface area contributed by atoms with Crippen molar-refractivity contribution in [1.82, 2.24) is 9.97 Å². The molecular weight excluding hydrogens is 330 g/mol. The minimum Gasteiger partial charge on any atom is -0.393 e. The lowest BCUT2D eigenvalue weighted by atomic mass is 9.93. The van der Waals surface area contributed by atoms with Crippen LogP contribution in [0.25, 0.3) is 20.7 Å². The lowest BCUT2D eigenvalue weighted by Gasteiger charge is -2.35. The first-order valence-corrected chi connectivity index (χ1v) is 9.70. The summed E-state index contributed by atoms with van der Waals surface area (Å²) in [7, 11) is 0. The number of fused-ring (bicyclic) bond motifs is 1. The molecule has 1 aliphatic heterocycles. The SMILES string of the molecule is Cc1nc(N2CCCC(C(C)O)C2)c2cc(-c3ccccc3)sc2n1. The Balaban J connectivity index is 1.77. The fraction of sp³-hybridized carbons (Fsp3) is 0.400. The molecule has 3 aromatic rings. The van der Waals surface area contributed by atoms with Crippen LogP contribution in [0.1, 0.15) is 25.6 Å². The van der Waals surface area contributed by atoms with Crippen molar-refractivity contribution in [3.05, 3.63) is 42.2 Å². The van der Waals surface area contributed by atoms with Crippen LogP contribution in [0, 0.1) is 12.8 Å². The van der Waals surface area contributed by atoms with Crippen LogP contribution in [0.15, 0.2) is 36.4 Å². The van der Waals surface area contributed by atoms with Crippen molar-refractivity contribution in [2.75, 3.05) is 18.0 Å². The van der Waals surface area contributed by atoms with Crippen LogP contribution >= 0.6 is 11.3 Å². The smallest absolute Gasteiger partial charge is 0.141 e. The Bertz CT molecular complexity index is 875. The molecule has 2 unspecified atom stereocenters. The number of anilines is 1. The van der Waals surface area contributed by atoms with Crippen LogP contribution in [0.5, 0.6) is 0 Å². The van der Waals surface area contributed by atoms with E-state index in [9.17, 15) is 5.11 Å². The van der Waals surface area contributed by atoms with Gasteiger partial charge in [-0.25, -0.2) is 9.97 Å². The van der Waals surface area contributed by atoms with Gasteiger partial charge in [0, 0.05) is 23.9 Å². The predicted octanol–water partition coefficient (Wildman–Crippen LogP) is 4.26. The third-order valence-corrected chi connectivity index (χ3v) is 6.06. The quantitative estimate of drug-likeness (QED) is 0.764. The van der Waals surface area contributed by atoms with Crippen molar-refractivity contribution in [3.8, 4) is 10.4 Å². The van der Waals surface area contributed by atoms with E-state index in [-0.39, 0.29) is 6.10 Å². The molecule has 1 aliphatic rings. The highest BCUT2D eigenvalue weighted by atomic mass is 32.1. The summed E-state index contributed by atoms with van der Waals surface area (Å²) < 4.78 is 0. The highest BCUT2D eigenvalue weighted by molar-refractivity contribution is 7.21. The van der Waals surface area contributed by atoms with E-state index in [1.807, 2.05) is 19.9 Å². The fourth-order valence-electron chi connectivity index (χ4n) is 3.59. The van der Waals surface area contributed by atoms with Crippen LogP contribution in [-0.2, 0) is 0 Å². The van der Waals surface area contributed by atoms with Crippen LogP contribution in [-0.4, -0.2) is 34.3 Å². The molecule has 0 amide bonds. The zero-order valence-corrected chi connectivity index (χ0v) is 15.5. The van der Waals surface area contributed by atoms with Gasteiger partial charge in [-0.2, -0.15) is 0 Å². The number of hydrogen-bond donors (Lipinski definition) is 1. The minimum absolute atomic E-state index is 0.274. The zero-order valence-electron chi connectivity index (χ0n) is 14.6. The van der Waals surface area contributed by atoms with E-state index in [2.05, 4.69) is 40.2 Å². The van der Waals surface area contributed by atoms with Gasteiger partial charge in [0.05, 0.1) is 11.5 Å². The van der Waals surface area contributed by atoms with Crippen molar-refractivity contribution in [3.63, 3.8) is 0 Å². The number of aliphatic hydroxyl groups is 1. The van der Waals surface area contributed by atoms with E-state index in [1.54, 1.807) is 11.3 Å². The number of thiophene rings is 1. The molecule has 5 heteroatoms. The summed E-state index contributed by atoms with van der Waals surface area (Å²) in [6.07, 6.45) is 1.90. The van der Waals surface area contributed by atoms with Crippen molar-refractivity contribution >= 4 is 27.4 Å². The lowest BCUT2D eigenvalue weighted by molar-refractivity contribution is 0.115. The standard InChI is InChI=1S/C20H23N3OS/c1-13(24)16-9-6-10-23(12-16)19-17-11-18(15-7-4-3-5-8-15)25-20(17)22-14(2)21-19/h3-5,7-8,11,13,16,24H,6,9-10,12H2,1-2H3.